The van der Waals surface area contributed by atoms with Crippen molar-refractivity contribution in [2.24, 2.45) is 0 Å². The number of hydrogen-bond donors (Lipinski definition) is 2. The van der Waals surface area contributed by atoms with Crippen molar-refractivity contribution in [3.8, 4) is 0 Å². The van der Waals surface area contributed by atoms with Gasteiger partial charge in [-0.15, -0.1) is 0 Å². The van der Waals surface area contributed by atoms with Gasteiger partial charge in [0.2, 0.25) is 5.91 Å². The lowest BCUT2D eigenvalue weighted by molar-refractivity contribution is -0.119. The molecule has 0 bridgehead atoms. The first-order valence-corrected chi connectivity index (χ1v) is 5.17. The molecule has 1 rings (SSSR count). The largest absolute Gasteiger partial charge is 0.393 e. The van der Waals surface area contributed by atoms with Crippen LogP contribution in [0.3, 0.4) is 0 Å². The van der Waals surface area contributed by atoms with E-state index in [1.165, 1.54) is 6.33 Å². The second-order valence-electron chi connectivity index (χ2n) is 3.21. The highest BCUT2D eigenvalue weighted by molar-refractivity contribution is 6.32. The fourth-order valence-corrected chi connectivity index (χ4v) is 1.34. The molecule has 0 saturated carbocycles. The molecular weight excluding hydrogens is 230 g/mol. The fourth-order valence-electron chi connectivity index (χ4n) is 1.21. The minimum atomic E-state index is -0.0980. The number of nitrogens with one attached hydrogen (secondary N) is 1. The van der Waals surface area contributed by atoms with Gasteiger partial charge in [0.25, 0.3) is 0 Å². The monoisotopic (exact) mass is 243 g/mol. The van der Waals surface area contributed by atoms with Gasteiger partial charge >= 0.3 is 0 Å². The molecule has 0 aliphatic carbocycles. The number of halogens is 1. The number of carbonyl (C=O) groups excluding carboxylic acids is 1. The third-order valence-electron chi connectivity index (χ3n) is 1.93. The number of likely N-dealkylation sites (N-methyl/N-ethyl adjacent to an activating group) is 2. The van der Waals surface area contributed by atoms with Gasteiger partial charge in [-0.25, -0.2) is 9.97 Å². The van der Waals surface area contributed by atoms with E-state index >= 15 is 0 Å². The molecule has 0 aliphatic heterocycles. The number of nitrogen functional groups attached to an aromatic ring is 1. The summed E-state index contributed by atoms with van der Waals surface area (Å²) in [6, 6.07) is 0. The highest BCUT2D eigenvalue weighted by atomic mass is 35.5. The first kappa shape index (κ1) is 12.5. The van der Waals surface area contributed by atoms with E-state index in [9.17, 15) is 4.79 Å². The molecule has 3 N–H and O–H groups in total. The maximum atomic E-state index is 11.4. The van der Waals surface area contributed by atoms with Crippen molar-refractivity contribution < 1.29 is 4.79 Å². The Balaban J connectivity index is 2.76. The Kier molecular flexibility index (Phi) is 4.30. The van der Waals surface area contributed by atoms with E-state index in [1.54, 1.807) is 11.9 Å². The molecule has 0 saturated heterocycles. The van der Waals surface area contributed by atoms with Crippen LogP contribution in [0.4, 0.5) is 11.5 Å². The number of carbonyl (C=O) groups is 1. The molecular formula is C9H14ClN5O. The van der Waals surface area contributed by atoms with Gasteiger partial charge in [0.15, 0.2) is 11.0 Å². The van der Waals surface area contributed by atoms with Crippen molar-refractivity contribution >= 4 is 29.0 Å². The Labute approximate surface area is 98.8 Å². The Morgan fingerprint density at radius 3 is 2.94 bits per heavy atom. The van der Waals surface area contributed by atoms with Crippen LogP contribution >= 0.6 is 11.6 Å². The number of nitrogens with zero attached hydrogens (tertiary/aromatic N) is 3. The van der Waals surface area contributed by atoms with Crippen molar-refractivity contribution in [3.05, 3.63) is 11.5 Å². The van der Waals surface area contributed by atoms with Gasteiger partial charge in [-0.05, 0) is 6.92 Å². The molecule has 0 spiro atoms. The van der Waals surface area contributed by atoms with E-state index in [0.717, 1.165) is 0 Å². The maximum absolute atomic E-state index is 11.4. The summed E-state index contributed by atoms with van der Waals surface area (Å²) in [4.78, 5) is 20.7. The molecule has 7 heteroatoms. The van der Waals surface area contributed by atoms with E-state index in [2.05, 4.69) is 15.3 Å². The number of amides is 1. The molecule has 1 amide bonds. The van der Waals surface area contributed by atoms with Gasteiger partial charge in [0.1, 0.15) is 12.0 Å². The van der Waals surface area contributed by atoms with Crippen molar-refractivity contribution in [1.29, 1.82) is 0 Å². The van der Waals surface area contributed by atoms with Crippen LogP contribution in [0.15, 0.2) is 6.33 Å². The number of rotatable bonds is 4. The van der Waals surface area contributed by atoms with Crippen molar-refractivity contribution in [2.75, 3.05) is 30.8 Å². The molecule has 1 aromatic rings. The summed E-state index contributed by atoms with van der Waals surface area (Å²) in [6.07, 6.45) is 1.31. The SMILES string of the molecule is CCNC(=O)CN(C)c1ncnc(Cl)c1N. The molecule has 16 heavy (non-hydrogen) atoms. The molecule has 0 radical (unpaired) electrons. The number of hydrogen-bond acceptors (Lipinski definition) is 5. The lowest BCUT2D eigenvalue weighted by atomic mass is 10.4. The lowest BCUT2D eigenvalue weighted by Gasteiger charge is -2.18. The Morgan fingerprint density at radius 2 is 2.31 bits per heavy atom. The normalized spacial score (nSPS) is 9.94. The van der Waals surface area contributed by atoms with Crippen molar-refractivity contribution in [3.63, 3.8) is 0 Å². The van der Waals surface area contributed by atoms with Crippen LogP contribution in [0.25, 0.3) is 0 Å². The highest BCUT2D eigenvalue weighted by Gasteiger charge is 2.13. The maximum Gasteiger partial charge on any atom is 0.239 e. The van der Waals surface area contributed by atoms with Gasteiger partial charge in [-0.3, -0.25) is 4.79 Å². The molecule has 1 heterocycles. The Morgan fingerprint density at radius 1 is 1.62 bits per heavy atom. The zero-order chi connectivity index (χ0) is 12.1. The molecule has 0 fully saturated rings. The molecule has 1 aromatic heterocycles. The van der Waals surface area contributed by atoms with Crippen LogP contribution in [0.5, 0.6) is 0 Å². The van der Waals surface area contributed by atoms with Gasteiger partial charge in [0, 0.05) is 13.6 Å². The first-order chi connectivity index (χ1) is 7.56. The molecule has 0 unspecified atom stereocenters. The summed E-state index contributed by atoms with van der Waals surface area (Å²) < 4.78 is 0. The van der Waals surface area contributed by atoms with Gasteiger partial charge in [-0.2, -0.15) is 0 Å². The van der Waals surface area contributed by atoms with Crippen LogP contribution in [-0.4, -0.2) is 36.0 Å². The lowest BCUT2D eigenvalue weighted by Crippen LogP contribution is -2.35. The van der Waals surface area contributed by atoms with Gasteiger partial charge in [-0.1, -0.05) is 11.6 Å². The molecule has 0 aromatic carbocycles. The predicted molar refractivity (Wildman–Crippen MR) is 63.4 cm³/mol. The standard InChI is InChI=1S/C9H14ClN5O/c1-3-12-6(16)4-15(2)9-7(11)8(10)13-5-14-9/h5H,3-4,11H2,1-2H3,(H,12,16). The summed E-state index contributed by atoms with van der Waals surface area (Å²) in [5.74, 6) is 0.352. The highest BCUT2D eigenvalue weighted by Crippen LogP contribution is 2.24. The fraction of sp³-hybridized carbons (Fsp3) is 0.444. The summed E-state index contributed by atoms with van der Waals surface area (Å²) in [5, 5.41) is 2.87. The summed E-state index contributed by atoms with van der Waals surface area (Å²) in [7, 11) is 1.71. The van der Waals surface area contributed by atoms with Crippen LogP contribution < -0.4 is 16.0 Å². The second-order valence-corrected chi connectivity index (χ2v) is 3.57. The minimum Gasteiger partial charge on any atom is -0.393 e. The molecule has 0 aliphatic rings. The van der Waals surface area contributed by atoms with Crippen molar-refractivity contribution in [2.45, 2.75) is 6.92 Å². The quantitative estimate of drug-likeness (QED) is 0.743. The van der Waals surface area contributed by atoms with Crippen LogP contribution in [0.2, 0.25) is 5.15 Å². The van der Waals surface area contributed by atoms with Crippen LogP contribution in [-0.2, 0) is 4.79 Å². The summed E-state index contributed by atoms with van der Waals surface area (Å²) in [5.41, 5.74) is 5.98. The van der Waals surface area contributed by atoms with E-state index in [4.69, 9.17) is 17.3 Å². The summed E-state index contributed by atoms with van der Waals surface area (Å²) in [6.45, 7) is 2.62. The van der Waals surface area contributed by atoms with Crippen molar-refractivity contribution in [1.82, 2.24) is 15.3 Å². The third-order valence-corrected chi connectivity index (χ3v) is 2.23. The van der Waals surface area contributed by atoms with Gasteiger partial charge < -0.3 is 16.0 Å². The number of nitrogens with two attached hydrogens (primary N) is 1. The zero-order valence-corrected chi connectivity index (χ0v) is 9.95. The summed E-state index contributed by atoms with van der Waals surface area (Å²) >= 11 is 5.75. The molecule has 6 nitrogen and oxygen atoms in total. The van der Waals surface area contributed by atoms with E-state index < -0.39 is 0 Å². The number of anilines is 2. The number of aromatic nitrogens is 2. The molecule has 0 atom stereocenters. The van der Waals surface area contributed by atoms with E-state index in [1.807, 2.05) is 6.92 Å². The topological polar surface area (TPSA) is 84.1 Å². The van der Waals surface area contributed by atoms with E-state index in [0.29, 0.717) is 12.4 Å². The average Bonchev–Trinajstić information content (AvgIpc) is 2.22. The van der Waals surface area contributed by atoms with Crippen LogP contribution in [0, 0.1) is 0 Å². The minimum absolute atomic E-state index is 0.0980. The first-order valence-electron chi connectivity index (χ1n) is 4.80. The molecule has 88 valence electrons. The predicted octanol–water partition coefficient (Wildman–Crippen LogP) is 0.285. The second kappa shape index (κ2) is 5.50. The Bertz CT molecular complexity index is 384. The zero-order valence-electron chi connectivity index (χ0n) is 9.20. The van der Waals surface area contributed by atoms with Gasteiger partial charge in [0.05, 0.1) is 6.54 Å². The average molecular weight is 244 g/mol. The third kappa shape index (κ3) is 2.96. The Hall–Kier alpha value is -1.56. The van der Waals surface area contributed by atoms with Crippen LogP contribution in [0.1, 0.15) is 6.92 Å². The smallest absolute Gasteiger partial charge is 0.239 e. The van der Waals surface area contributed by atoms with E-state index in [-0.39, 0.29) is 23.3 Å².